The second-order valence-electron chi connectivity index (χ2n) is 5.27. The van der Waals surface area contributed by atoms with E-state index in [9.17, 15) is 4.79 Å². The van der Waals surface area contributed by atoms with E-state index < -0.39 is 5.97 Å². The maximum absolute atomic E-state index is 11.9. The molecule has 0 spiro atoms. The molecule has 6 heteroatoms. The Labute approximate surface area is 150 Å². The van der Waals surface area contributed by atoms with Crippen LogP contribution in [-0.4, -0.2) is 22.5 Å². The summed E-state index contributed by atoms with van der Waals surface area (Å²) in [6, 6.07) is 13.3. The highest BCUT2D eigenvalue weighted by Crippen LogP contribution is 2.22. The third-order valence-electron chi connectivity index (χ3n) is 3.52. The molecule has 3 rings (SSSR count). The topological polar surface area (TPSA) is 61.3 Å². The van der Waals surface area contributed by atoms with E-state index in [4.69, 9.17) is 9.47 Å². The number of aromatic nitrogens is 2. The average Bonchev–Trinajstić information content (AvgIpc) is 3.14. The van der Waals surface area contributed by atoms with Crippen molar-refractivity contribution in [2.24, 2.45) is 0 Å². The Kier molecular flexibility index (Phi) is 5.74. The monoisotopic (exact) mass is 354 g/mol. The molecule has 25 heavy (non-hydrogen) atoms. The van der Waals surface area contributed by atoms with Crippen LogP contribution in [0.2, 0.25) is 0 Å². The lowest BCUT2D eigenvalue weighted by molar-refractivity contribution is -0.147. The Morgan fingerprint density at radius 2 is 2.00 bits per heavy atom. The van der Waals surface area contributed by atoms with Crippen LogP contribution in [0.15, 0.2) is 54.0 Å². The van der Waals surface area contributed by atoms with Crippen molar-refractivity contribution in [1.29, 1.82) is 0 Å². The number of nitrogens with zero attached hydrogens (tertiary/aromatic N) is 2. The van der Waals surface area contributed by atoms with Gasteiger partial charge in [0.05, 0.1) is 11.4 Å². The van der Waals surface area contributed by atoms with Crippen LogP contribution < -0.4 is 4.74 Å². The minimum atomic E-state index is -0.418. The molecule has 0 unspecified atom stereocenters. The summed E-state index contributed by atoms with van der Waals surface area (Å²) in [7, 11) is 0. The lowest BCUT2D eigenvalue weighted by atomic mass is 10.1. The van der Waals surface area contributed by atoms with Gasteiger partial charge in [-0.3, -0.25) is 4.98 Å². The number of carbonyl (C=O) groups excluding carboxylic acids is 1. The molecule has 0 aliphatic heterocycles. The first-order chi connectivity index (χ1) is 12.3. The fraction of sp³-hybridized carbons (Fsp3) is 0.211. The molecule has 1 aromatic carbocycles. The van der Waals surface area contributed by atoms with Gasteiger partial charge in [0.25, 0.3) is 0 Å². The quantitative estimate of drug-likeness (QED) is 0.602. The van der Waals surface area contributed by atoms with Gasteiger partial charge in [-0.25, -0.2) is 9.78 Å². The highest BCUT2D eigenvalue weighted by Gasteiger charge is 2.10. The van der Waals surface area contributed by atoms with Crippen molar-refractivity contribution in [1.82, 2.24) is 9.97 Å². The van der Waals surface area contributed by atoms with Crippen LogP contribution in [-0.2, 0) is 22.6 Å². The summed E-state index contributed by atoms with van der Waals surface area (Å²) in [5, 5.41) is 2.67. The van der Waals surface area contributed by atoms with Gasteiger partial charge >= 0.3 is 5.97 Å². The maximum atomic E-state index is 11.9. The van der Waals surface area contributed by atoms with Gasteiger partial charge in [-0.05, 0) is 30.2 Å². The normalized spacial score (nSPS) is 10.4. The van der Waals surface area contributed by atoms with E-state index in [-0.39, 0.29) is 13.2 Å². The number of rotatable bonds is 7. The summed E-state index contributed by atoms with van der Waals surface area (Å²) in [6.45, 7) is 2.05. The summed E-state index contributed by atoms with van der Waals surface area (Å²) >= 11 is 1.47. The van der Waals surface area contributed by atoms with Gasteiger partial charge in [-0.1, -0.05) is 31.2 Å². The molecule has 0 saturated carbocycles. The Morgan fingerprint density at radius 3 is 2.80 bits per heavy atom. The minimum Gasteiger partial charge on any atom is -0.482 e. The highest BCUT2D eigenvalue weighted by atomic mass is 32.1. The number of ether oxygens (including phenoxy) is 2. The standard InChI is InChI=1S/C19H18N2O3S/c1-2-14-7-3-4-9-17(14)23-12-18(22)24-11-15-13-25-19(21-15)16-8-5-6-10-20-16/h3-10,13H,2,11-12H2,1H3. The Bertz CT molecular complexity index is 833. The molecular formula is C19H18N2O3S. The highest BCUT2D eigenvalue weighted by molar-refractivity contribution is 7.13. The fourth-order valence-electron chi connectivity index (χ4n) is 2.25. The molecule has 0 bridgehead atoms. The van der Waals surface area contributed by atoms with Gasteiger partial charge in [-0.15, -0.1) is 11.3 Å². The van der Waals surface area contributed by atoms with Gasteiger partial charge in [-0.2, -0.15) is 0 Å². The number of para-hydroxylation sites is 1. The number of benzene rings is 1. The second-order valence-corrected chi connectivity index (χ2v) is 6.13. The van der Waals surface area contributed by atoms with E-state index in [1.165, 1.54) is 11.3 Å². The molecule has 0 aliphatic rings. The van der Waals surface area contributed by atoms with E-state index in [1.54, 1.807) is 6.20 Å². The lowest BCUT2D eigenvalue weighted by Crippen LogP contribution is -2.15. The Morgan fingerprint density at radius 1 is 1.16 bits per heavy atom. The Hall–Kier alpha value is -2.73. The van der Waals surface area contributed by atoms with E-state index in [1.807, 2.05) is 54.8 Å². The molecule has 2 aromatic heterocycles. The molecule has 0 N–H and O–H groups in total. The molecule has 3 aromatic rings. The molecule has 0 saturated heterocycles. The van der Waals surface area contributed by atoms with Crippen molar-refractivity contribution >= 4 is 17.3 Å². The summed E-state index contributed by atoms with van der Waals surface area (Å²) in [5.41, 5.74) is 2.58. The van der Waals surface area contributed by atoms with E-state index >= 15 is 0 Å². The van der Waals surface area contributed by atoms with Crippen LogP contribution in [0.25, 0.3) is 10.7 Å². The number of esters is 1. The fourth-order valence-corrected chi connectivity index (χ4v) is 3.03. The number of hydrogen-bond acceptors (Lipinski definition) is 6. The van der Waals surface area contributed by atoms with Crippen molar-refractivity contribution in [3.8, 4) is 16.5 Å². The predicted molar refractivity (Wildman–Crippen MR) is 96.5 cm³/mol. The third-order valence-corrected chi connectivity index (χ3v) is 4.43. The SMILES string of the molecule is CCc1ccccc1OCC(=O)OCc1csc(-c2ccccn2)n1. The molecule has 0 amide bonds. The zero-order chi connectivity index (χ0) is 17.5. The zero-order valence-electron chi connectivity index (χ0n) is 13.8. The summed E-state index contributed by atoms with van der Waals surface area (Å²) in [5.74, 6) is 0.298. The molecular weight excluding hydrogens is 336 g/mol. The molecule has 2 heterocycles. The molecule has 0 atom stereocenters. The smallest absolute Gasteiger partial charge is 0.344 e. The van der Waals surface area contributed by atoms with Gasteiger partial charge in [0.15, 0.2) is 6.61 Å². The number of hydrogen-bond donors (Lipinski definition) is 0. The van der Waals surface area contributed by atoms with E-state index in [0.29, 0.717) is 11.4 Å². The molecule has 0 fully saturated rings. The van der Waals surface area contributed by atoms with Crippen LogP contribution in [0.3, 0.4) is 0 Å². The number of thiazole rings is 1. The van der Waals surface area contributed by atoms with Crippen molar-refractivity contribution in [2.75, 3.05) is 6.61 Å². The first-order valence-corrected chi connectivity index (χ1v) is 8.86. The lowest BCUT2D eigenvalue weighted by Gasteiger charge is -2.09. The summed E-state index contributed by atoms with van der Waals surface area (Å²) < 4.78 is 10.8. The maximum Gasteiger partial charge on any atom is 0.344 e. The largest absolute Gasteiger partial charge is 0.482 e. The molecule has 128 valence electrons. The number of pyridine rings is 1. The van der Waals surface area contributed by atoms with Crippen LogP contribution >= 0.6 is 11.3 Å². The first kappa shape index (κ1) is 17.1. The van der Waals surface area contributed by atoms with Crippen LogP contribution in [0, 0.1) is 0 Å². The molecule has 0 aliphatic carbocycles. The number of aryl methyl sites for hydroxylation is 1. The van der Waals surface area contributed by atoms with Crippen molar-refractivity contribution in [3.05, 3.63) is 65.3 Å². The zero-order valence-corrected chi connectivity index (χ0v) is 14.7. The van der Waals surface area contributed by atoms with Gasteiger partial charge in [0.2, 0.25) is 0 Å². The van der Waals surface area contributed by atoms with E-state index in [0.717, 1.165) is 22.7 Å². The van der Waals surface area contributed by atoms with Crippen molar-refractivity contribution in [2.45, 2.75) is 20.0 Å². The van der Waals surface area contributed by atoms with E-state index in [2.05, 4.69) is 9.97 Å². The van der Waals surface area contributed by atoms with Gasteiger partial charge in [0.1, 0.15) is 17.4 Å². The Balaban J connectivity index is 1.50. The van der Waals surface area contributed by atoms with Gasteiger partial charge in [0, 0.05) is 11.6 Å². The minimum absolute atomic E-state index is 0.117. The van der Waals surface area contributed by atoms with Crippen molar-refractivity contribution in [3.63, 3.8) is 0 Å². The first-order valence-electron chi connectivity index (χ1n) is 7.98. The summed E-state index contributed by atoms with van der Waals surface area (Å²) in [4.78, 5) is 20.6. The van der Waals surface area contributed by atoms with Crippen LogP contribution in [0.4, 0.5) is 0 Å². The van der Waals surface area contributed by atoms with Crippen LogP contribution in [0.1, 0.15) is 18.2 Å². The molecule has 5 nitrogen and oxygen atoms in total. The average molecular weight is 354 g/mol. The van der Waals surface area contributed by atoms with Crippen LogP contribution in [0.5, 0.6) is 5.75 Å². The van der Waals surface area contributed by atoms with Gasteiger partial charge < -0.3 is 9.47 Å². The summed E-state index contributed by atoms with van der Waals surface area (Å²) in [6.07, 6.45) is 2.57. The second kappa shape index (κ2) is 8.39. The van der Waals surface area contributed by atoms with Crippen molar-refractivity contribution < 1.29 is 14.3 Å². The third kappa shape index (κ3) is 4.64. The predicted octanol–water partition coefficient (Wildman–Crippen LogP) is 3.89. The number of carbonyl (C=O) groups is 1. The molecule has 0 radical (unpaired) electrons.